The average molecular weight is 440 g/mol. The molecule has 3 aromatic rings. The fourth-order valence-electron chi connectivity index (χ4n) is 4.96. The Morgan fingerprint density at radius 3 is 2.61 bits per heavy atom. The fourth-order valence-corrected chi connectivity index (χ4v) is 6.07. The van der Waals surface area contributed by atoms with Crippen LogP contribution in [-0.4, -0.2) is 50.9 Å². The smallest absolute Gasteiger partial charge is 0.275 e. The summed E-state index contributed by atoms with van der Waals surface area (Å²) in [5.41, 5.74) is 1.40. The van der Waals surface area contributed by atoms with Gasteiger partial charge >= 0.3 is 0 Å². The second-order valence-electron chi connectivity index (χ2n) is 8.87. The number of aromatic nitrogens is 2. The van der Waals surface area contributed by atoms with E-state index in [1.807, 2.05) is 37.3 Å². The SMILES string of the molecule is CCC(O)Cc1cc2ncn(-c3ccc(OC4C[C@H]5CC[C@@H](C4)N5C)cc3)c(=O)c2s1. The lowest BCUT2D eigenvalue weighted by molar-refractivity contribution is 0.0662. The molecule has 5 rings (SSSR count). The van der Waals surface area contributed by atoms with Crippen LogP contribution in [0, 0.1) is 0 Å². The first-order valence-corrected chi connectivity index (χ1v) is 12.0. The molecule has 0 amide bonds. The van der Waals surface area contributed by atoms with Crippen LogP contribution in [0.1, 0.15) is 43.9 Å². The van der Waals surface area contributed by atoms with Crippen molar-refractivity contribution in [3.8, 4) is 11.4 Å². The van der Waals surface area contributed by atoms with Crippen LogP contribution >= 0.6 is 11.3 Å². The van der Waals surface area contributed by atoms with Crippen molar-refractivity contribution in [3.05, 3.63) is 51.9 Å². The third kappa shape index (κ3) is 4.02. The van der Waals surface area contributed by atoms with E-state index in [0.717, 1.165) is 29.2 Å². The molecule has 6 nitrogen and oxygen atoms in total. The van der Waals surface area contributed by atoms with Crippen LogP contribution in [0.2, 0.25) is 0 Å². The van der Waals surface area contributed by atoms with E-state index in [0.29, 0.717) is 35.1 Å². The molecule has 2 bridgehead atoms. The van der Waals surface area contributed by atoms with E-state index in [2.05, 4.69) is 16.9 Å². The highest BCUT2D eigenvalue weighted by molar-refractivity contribution is 7.18. The minimum atomic E-state index is -0.386. The maximum absolute atomic E-state index is 13.0. The van der Waals surface area contributed by atoms with Crippen LogP contribution in [0.5, 0.6) is 5.75 Å². The maximum atomic E-state index is 13.0. The van der Waals surface area contributed by atoms with Gasteiger partial charge < -0.3 is 14.7 Å². The van der Waals surface area contributed by atoms with Crippen molar-refractivity contribution in [1.82, 2.24) is 14.5 Å². The first-order valence-electron chi connectivity index (χ1n) is 11.2. The molecule has 7 heteroatoms. The fraction of sp³-hybridized carbons (Fsp3) is 0.500. The Labute approximate surface area is 186 Å². The molecule has 31 heavy (non-hydrogen) atoms. The van der Waals surface area contributed by atoms with Crippen molar-refractivity contribution in [1.29, 1.82) is 0 Å². The summed E-state index contributed by atoms with van der Waals surface area (Å²) < 4.78 is 8.48. The van der Waals surface area contributed by atoms with Gasteiger partial charge in [-0.15, -0.1) is 11.3 Å². The molecule has 2 saturated heterocycles. The normalized spacial score (nSPS) is 24.5. The van der Waals surface area contributed by atoms with Gasteiger partial charge in [-0.25, -0.2) is 4.98 Å². The van der Waals surface area contributed by atoms with Gasteiger partial charge in [0.05, 0.1) is 17.3 Å². The van der Waals surface area contributed by atoms with Gasteiger partial charge in [0.15, 0.2) is 0 Å². The lowest BCUT2D eigenvalue weighted by Gasteiger charge is -2.36. The van der Waals surface area contributed by atoms with Gasteiger partial charge in [0, 0.05) is 23.4 Å². The molecule has 2 aliphatic rings. The lowest BCUT2D eigenvalue weighted by Crippen LogP contribution is -2.43. The molecule has 0 saturated carbocycles. The predicted octanol–water partition coefficient (Wildman–Crippen LogP) is 3.76. The topological polar surface area (TPSA) is 67.6 Å². The second kappa shape index (κ2) is 8.37. The zero-order valence-electron chi connectivity index (χ0n) is 18.0. The van der Waals surface area contributed by atoms with E-state index in [-0.39, 0.29) is 17.8 Å². The molecule has 0 aliphatic carbocycles. The maximum Gasteiger partial charge on any atom is 0.275 e. The van der Waals surface area contributed by atoms with Gasteiger partial charge in [0.1, 0.15) is 22.9 Å². The van der Waals surface area contributed by atoms with E-state index >= 15 is 0 Å². The number of benzene rings is 1. The number of piperidine rings is 1. The van der Waals surface area contributed by atoms with E-state index in [4.69, 9.17) is 4.74 Å². The molecule has 2 unspecified atom stereocenters. The molecule has 1 N–H and O–H groups in total. The zero-order chi connectivity index (χ0) is 21.5. The van der Waals surface area contributed by atoms with Crippen LogP contribution in [0.15, 0.2) is 41.5 Å². The molecule has 2 aliphatic heterocycles. The molecule has 4 atom stereocenters. The molecule has 2 fully saturated rings. The van der Waals surface area contributed by atoms with Crippen molar-refractivity contribution in [2.45, 2.75) is 69.7 Å². The molecule has 0 radical (unpaired) electrons. The highest BCUT2D eigenvalue weighted by Gasteiger charge is 2.39. The summed E-state index contributed by atoms with van der Waals surface area (Å²) in [4.78, 5) is 21.0. The summed E-state index contributed by atoms with van der Waals surface area (Å²) in [5.74, 6) is 0.853. The van der Waals surface area contributed by atoms with Crippen LogP contribution in [0.25, 0.3) is 15.9 Å². The van der Waals surface area contributed by atoms with Gasteiger partial charge in [-0.1, -0.05) is 6.92 Å². The standard InChI is InChI=1S/C24H29N3O3S/c1-3-18(28)12-21-13-22-23(31-21)24(29)27(14-25-22)15-6-8-19(9-7-15)30-20-10-16-4-5-17(11-20)26(16)2/h6-9,13-14,16-18,20,28H,3-5,10-12H2,1-2H3/t16-,17+,18?,20?. The van der Waals surface area contributed by atoms with Gasteiger partial charge in [-0.2, -0.15) is 0 Å². The van der Waals surface area contributed by atoms with Crippen LogP contribution in [0.4, 0.5) is 0 Å². The molecule has 2 aromatic heterocycles. The van der Waals surface area contributed by atoms with Gasteiger partial charge in [-0.3, -0.25) is 9.36 Å². The first-order chi connectivity index (χ1) is 15.0. The zero-order valence-corrected chi connectivity index (χ0v) is 18.8. The number of aliphatic hydroxyl groups excluding tert-OH is 1. The molecule has 0 spiro atoms. The van der Waals surface area contributed by atoms with Crippen molar-refractivity contribution < 1.29 is 9.84 Å². The highest BCUT2D eigenvalue weighted by Crippen LogP contribution is 2.36. The van der Waals surface area contributed by atoms with E-state index in [9.17, 15) is 9.90 Å². The molecular weight excluding hydrogens is 410 g/mol. The lowest BCUT2D eigenvalue weighted by atomic mass is 10.0. The second-order valence-corrected chi connectivity index (χ2v) is 10.0. The van der Waals surface area contributed by atoms with Gasteiger partial charge in [0.25, 0.3) is 5.56 Å². The quantitative estimate of drug-likeness (QED) is 0.633. The molecule has 1 aromatic carbocycles. The van der Waals surface area contributed by atoms with E-state index < -0.39 is 0 Å². The summed E-state index contributed by atoms with van der Waals surface area (Å²) in [5, 5.41) is 9.92. The number of thiophene rings is 1. The van der Waals surface area contributed by atoms with Crippen LogP contribution in [-0.2, 0) is 6.42 Å². The number of hydrogen-bond donors (Lipinski definition) is 1. The number of aliphatic hydroxyl groups is 1. The summed E-state index contributed by atoms with van der Waals surface area (Å²) in [7, 11) is 2.23. The largest absolute Gasteiger partial charge is 0.490 e. The Morgan fingerprint density at radius 1 is 1.23 bits per heavy atom. The summed E-state index contributed by atoms with van der Waals surface area (Å²) in [6.07, 6.45) is 7.44. The van der Waals surface area contributed by atoms with Crippen molar-refractivity contribution in [3.63, 3.8) is 0 Å². The van der Waals surface area contributed by atoms with Gasteiger partial charge in [0.2, 0.25) is 0 Å². The Balaban J connectivity index is 1.33. The third-order valence-electron chi connectivity index (χ3n) is 6.87. The third-order valence-corrected chi connectivity index (χ3v) is 8.00. The number of hydrogen-bond acceptors (Lipinski definition) is 6. The van der Waals surface area contributed by atoms with Crippen molar-refractivity contribution in [2.75, 3.05) is 7.05 Å². The van der Waals surface area contributed by atoms with E-state index in [1.165, 1.54) is 24.2 Å². The number of rotatable bonds is 6. The number of fused-ring (bicyclic) bond motifs is 3. The molecular formula is C24H29N3O3S. The van der Waals surface area contributed by atoms with Crippen molar-refractivity contribution >= 4 is 21.6 Å². The number of ether oxygens (including phenoxy) is 1. The highest BCUT2D eigenvalue weighted by atomic mass is 32.1. The van der Waals surface area contributed by atoms with Gasteiger partial charge in [-0.05, 0) is 69.5 Å². The minimum absolute atomic E-state index is 0.0761. The Hall–Kier alpha value is -2.22. The predicted molar refractivity (Wildman–Crippen MR) is 123 cm³/mol. The molecule has 164 valence electrons. The monoisotopic (exact) mass is 439 g/mol. The summed E-state index contributed by atoms with van der Waals surface area (Å²) in [6, 6.07) is 10.9. The van der Waals surface area contributed by atoms with Crippen LogP contribution in [0.3, 0.4) is 0 Å². The van der Waals surface area contributed by atoms with E-state index in [1.54, 1.807) is 10.9 Å². The Kier molecular flexibility index (Phi) is 5.58. The first kappa shape index (κ1) is 20.7. The number of nitrogens with zero attached hydrogens (tertiary/aromatic N) is 3. The Bertz CT molecular complexity index is 1110. The Morgan fingerprint density at radius 2 is 1.94 bits per heavy atom. The van der Waals surface area contributed by atoms with Crippen molar-refractivity contribution in [2.24, 2.45) is 0 Å². The minimum Gasteiger partial charge on any atom is -0.490 e. The average Bonchev–Trinajstić information content (AvgIpc) is 3.25. The van der Waals surface area contributed by atoms with Crippen LogP contribution < -0.4 is 10.3 Å². The summed E-state index contributed by atoms with van der Waals surface area (Å²) >= 11 is 1.42. The molecule has 4 heterocycles. The summed E-state index contributed by atoms with van der Waals surface area (Å²) in [6.45, 7) is 1.95.